The summed E-state index contributed by atoms with van der Waals surface area (Å²) in [4.78, 5) is 15.1. The van der Waals surface area contributed by atoms with Crippen LogP contribution in [0.3, 0.4) is 0 Å². The van der Waals surface area contributed by atoms with Crippen molar-refractivity contribution in [2.24, 2.45) is 5.41 Å². The van der Waals surface area contributed by atoms with Crippen LogP contribution in [0.15, 0.2) is 0 Å². The first-order valence-corrected chi connectivity index (χ1v) is 8.32. The fourth-order valence-electron chi connectivity index (χ4n) is 3.39. The van der Waals surface area contributed by atoms with Gasteiger partial charge in [0.15, 0.2) is 0 Å². The Bertz CT molecular complexity index is 345. The van der Waals surface area contributed by atoms with Crippen molar-refractivity contribution in [2.45, 2.75) is 45.6 Å². The Morgan fingerprint density at radius 1 is 1.38 bits per heavy atom. The highest BCUT2D eigenvalue weighted by Crippen LogP contribution is 2.30. The summed E-state index contributed by atoms with van der Waals surface area (Å²) in [7, 11) is 0. The standard InChI is InChI=1S/C16H31N3O2/c1-4-16(6-5-7-17-13-16)14(20)18-12-15(2,3)19-8-10-21-11-9-19/h17H,4-13H2,1-3H3,(H,18,20). The van der Waals surface area contributed by atoms with E-state index in [1.54, 1.807) is 0 Å². The number of carbonyl (C=O) groups excluding carboxylic acids is 1. The Morgan fingerprint density at radius 2 is 2.10 bits per heavy atom. The molecule has 0 bridgehead atoms. The van der Waals surface area contributed by atoms with Crippen LogP contribution in [-0.4, -0.2) is 62.3 Å². The molecule has 0 aromatic carbocycles. The normalized spacial score (nSPS) is 28.3. The molecular formula is C16H31N3O2. The van der Waals surface area contributed by atoms with Crippen LogP contribution in [0.5, 0.6) is 0 Å². The van der Waals surface area contributed by atoms with E-state index in [0.717, 1.165) is 58.7 Å². The van der Waals surface area contributed by atoms with Crippen LogP contribution in [0.2, 0.25) is 0 Å². The van der Waals surface area contributed by atoms with Gasteiger partial charge in [-0.3, -0.25) is 9.69 Å². The predicted molar refractivity (Wildman–Crippen MR) is 84.3 cm³/mol. The summed E-state index contributed by atoms with van der Waals surface area (Å²) >= 11 is 0. The van der Waals surface area contributed by atoms with Gasteiger partial charge in [0, 0.05) is 31.7 Å². The molecular weight excluding hydrogens is 266 g/mol. The van der Waals surface area contributed by atoms with Gasteiger partial charge in [0.05, 0.1) is 18.6 Å². The van der Waals surface area contributed by atoms with E-state index < -0.39 is 0 Å². The minimum atomic E-state index is -0.209. The molecule has 5 nitrogen and oxygen atoms in total. The van der Waals surface area contributed by atoms with E-state index in [-0.39, 0.29) is 16.9 Å². The van der Waals surface area contributed by atoms with Crippen molar-refractivity contribution in [1.82, 2.24) is 15.5 Å². The van der Waals surface area contributed by atoms with Gasteiger partial charge in [-0.2, -0.15) is 0 Å². The summed E-state index contributed by atoms with van der Waals surface area (Å²) in [5.74, 6) is 0.221. The van der Waals surface area contributed by atoms with Crippen molar-refractivity contribution in [3.05, 3.63) is 0 Å². The third kappa shape index (κ3) is 3.96. The van der Waals surface area contributed by atoms with E-state index >= 15 is 0 Å². The SMILES string of the molecule is CCC1(C(=O)NCC(C)(C)N2CCOCC2)CCCNC1. The van der Waals surface area contributed by atoms with E-state index in [9.17, 15) is 4.79 Å². The van der Waals surface area contributed by atoms with Crippen LogP contribution in [0, 0.1) is 5.41 Å². The zero-order valence-electron chi connectivity index (χ0n) is 13.8. The molecule has 2 rings (SSSR count). The Hall–Kier alpha value is -0.650. The Kier molecular flexibility index (Phi) is 5.63. The quantitative estimate of drug-likeness (QED) is 0.795. The van der Waals surface area contributed by atoms with Crippen LogP contribution in [0.4, 0.5) is 0 Å². The first-order chi connectivity index (χ1) is 10.0. The van der Waals surface area contributed by atoms with Crippen LogP contribution >= 0.6 is 0 Å². The van der Waals surface area contributed by atoms with Gasteiger partial charge < -0.3 is 15.4 Å². The molecule has 2 saturated heterocycles. The highest BCUT2D eigenvalue weighted by molar-refractivity contribution is 5.83. The van der Waals surface area contributed by atoms with Gasteiger partial charge >= 0.3 is 0 Å². The zero-order chi connectivity index (χ0) is 15.3. The predicted octanol–water partition coefficient (Wildman–Crippen LogP) is 0.993. The Labute approximate surface area is 128 Å². The number of nitrogens with one attached hydrogen (secondary N) is 2. The number of morpholine rings is 1. The van der Waals surface area contributed by atoms with Gasteiger partial charge in [-0.25, -0.2) is 0 Å². The molecule has 1 unspecified atom stereocenters. The lowest BCUT2D eigenvalue weighted by Crippen LogP contribution is -2.58. The molecule has 0 aromatic heterocycles. The van der Waals surface area contributed by atoms with Crippen molar-refractivity contribution < 1.29 is 9.53 Å². The van der Waals surface area contributed by atoms with E-state index in [0.29, 0.717) is 6.54 Å². The van der Waals surface area contributed by atoms with Crippen molar-refractivity contribution in [1.29, 1.82) is 0 Å². The molecule has 2 aliphatic heterocycles. The molecule has 5 heteroatoms. The molecule has 0 saturated carbocycles. The molecule has 1 atom stereocenters. The molecule has 0 aromatic rings. The minimum absolute atomic E-state index is 0.0174. The molecule has 0 spiro atoms. The lowest BCUT2D eigenvalue weighted by atomic mass is 9.77. The lowest BCUT2D eigenvalue weighted by molar-refractivity contribution is -0.133. The molecule has 0 aliphatic carbocycles. The number of hydrogen-bond acceptors (Lipinski definition) is 4. The fourth-order valence-corrected chi connectivity index (χ4v) is 3.39. The second-order valence-electron chi connectivity index (χ2n) is 7.01. The molecule has 0 radical (unpaired) electrons. The van der Waals surface area contributed by atoms with E-state index in [2.05, 4.69) is 36.3 Å². The third-order valence-electron chi connectivity index (χ3n) is 5.18. The van der Waals surface area contributed by atoms with Crippen molar-refractivity contribution in [3.8, 4) is 0 Å². The van der Waals surface area contributed by atoms with Crippen molar-refractivity contribution in [2.75, 3.05) is 45.9 Å². The lowest BCUT2D eigenvalue weighted by Gasteiger charge is -2.42. The Morgan fingerprint density at radius 3 is 2.67 bits per heavy atom. The highest BCUT2D eigenvalue weighted by atomic mass is 16.5. The van der Waals surface area contributed by atoms with Gasteiger partial charge in [0.2, 0.25) is 5.91 Å². The highest BCUT2D eigenvalue weighted by Gasteiger charge is 2.39. The Balaban J connectivity index is 1.89. The monoisotopic (exact) mass is 297 g/mol. The second kappa shape index (κ2) is 7.07. The molecule has 2 heterocycles. The molecule has 2 fully saturated rings. The summed E-state index contributed by atoms with van der Waals surface area (Å²) in [6, 6.07) is 0. The number of rotatable bonds is 5. The second-order valence-corrected chi connectivity index (χ2v) is 7.01. The van der Waals surface area contributed by atoms with E-state index in [4.69, 9.17) is 4.74 Å². The topological polar surface area (TPSA) is 53.6 Å². The molecule has 2 N–H and O–H groups in total. The number of piperidine rings is 1. The summed E-state index contributed by atoms with van der Waals surface area (Å²) in [6.45, 7) is 12.6. The van der Waals surface area contributed by atoms with E-state index in [1.807, 2.05) is 0 Å². The molecule has 1 amide bonds. The largest absolute Gasteiger partial charge is 0.379 e. The number of ether oxygens (including phenoxy) is 1. The minimum Gasteiger partial charge on any atom is -0.379 e. The third-order valence-corrected chi connectivity index (χ3v) is 5.18. The summed E-state index contributed by atoms with van der Waals surface area (Å²) in [6.07, 6.45) is 3.00. The first kappa shape index (κ1) is 16.7. The van der Waals surface area contributed by atoms with Crippen LogP contribution < -0.4 is 10.6 Å². The zero-order valence-corrected chi connectivity index (χ0v) is 13.8. The number of amides is 1. The number of hydrogen-bond donors (Lipinski definition) is 2. The van der Waals surface area contributed by atoms with Gasteiger partial charge in [-0.15, -0.1) is 0 Å². The maximum Gasteiger partial charge on any atom is 0.227 e. The van der Waals surface area contributed by atoms with Crippen molar-refractivity contribution in [3.63, 3.8) is 0 Å². The smallest absolute Gasteiger partial charge is 0.227 e. The van der Waals surface area contributed by atoms with Gasteiger partial charge in [0.25, 0.3) is 0 Å². The van der Waals surface area contributed by atoms with Gasteiger partial charge in [-0.05, 0) is 39.7 Å². The number of carbonyl (C=O) groups is 1. The fraction of sp³-hybridized carbons (Fsp3) is 0.938. The summed E-state index contributed by atoms with van der Waals surface area (Å²) < 4.78 is 5.41. The molecule has 21 heavy (non-hydrogen) atoms. The molecule has 2 aliphatic rings. The van der Waals surface area contributed by atoms with Crippen LogP contribution in [0.1, 0.15) is 40.0 Å². The van der Waals surface area contributed by atoms with Gasteiger partial charge in [0.1, 0.15) is 0 Å². The van der Waals surface area contributed by atoms with Crippen LogP contribution in [-0.2, 0) is 9.53 Å². The average Bonchev–Trinajstić information content (AvgIpc) is 2.54. The maximum absolute atomic E-state index is 12.7. The first-order valence-electron chi connectivity index (χ1n) is 8.32. The molecule has 122 valence electrons. The number of nitrogens with zero attached hydrogens (tertiary/aromatic N) is 1. The summed E-state index contributed by atoms with van der Waals surface area (Å²) in [5, 5.41) is 6.60. The van der Waals surface area contributed by atoms with Crippen LogP contribution in [0.25, 0.3) is 0 Å². The van der Waals surface area contributed by atoms with Crippen molar-refractivity contribution >= 4 is 5.91 Å². The maximum atomic E-state index is 12.7. The van der Waals surface area contributed by atoms with E-state index in [1.165, 1.54) is 0 Å². The average molecular weight is 297 g/mol. The summed E-state index contributed by atoms with van der Waals surface area (Å²) in [5.41, 5.74) is -0.226. The van der Waals surface area contributed by atoms with Gasteiger partial charge in [-0.1, -0.05) is 6.92 Å².